The van der Waals surface area contributed by atoms with Gasteiger partial charge in [0.25, 0.3) is 0 Å². The molecule has 2 unspecified atom stereocenters. The van der Waals surface area contributed by atoms with Gasteiger partial charge in [0.2, 0.25) is 0 Å². The Labute approximate surface area is 214 Å². The van der Waals surface area contributed by atoms with Crippen LogP contribution >= 0.6 is 0 Å². The molecule has 0 nitrogen and oxygen atoms in total. The number of hydrogen-bond donors (Lipinski definition) is 0. The normalized spacial score (nSPS) is 29.9. The third kappa shape index (κ3) is 5.28. The summed E-state index contributed by atoms with van der Waals surface area (Å²) < 4.78 is 0. The van der Waals surface area contributed by atoms with Gasteiger partial charge >= 0.3 is 0 Å². The van der Waals surface area contributed by atoms with Gasteiger partial charge in [0.05, 0.1) is 0 Å². The summed E-state index contributed by atoms with van der Waals surface area (Å²) in [5.74, 6) is 0.568. The summed E-state index contributed by atoms with van der Waals surface area (Å²) >= 11 is 0. The van der Waals surface area contributed by atoms with Crippen LogP contribution in [-0.4, -0.2) is 0 Å². The minimum atomic E-state index is 0.00824. The second kappa shape index (κ2) is 12.1. The van der Waals surface area contributed by atoms with Gasteiger partial charge in [0, 0.05) is 5.41 Å². The van der Waals surface area contributed by atoms with Gasteiger partial charge in [0.15, 0.2) is 0 Å². The zero-order chi connectivity index (χ0) is 23.8. The second-order valence-corrected chi connectivity index (χ2v) is 11.0. The van der Waals surface area contributed by atoms with Gasteiger partial charge in [-0.15, -0.1) is 0 Å². The van der Waals surface area contributed by atoms with E-state index >= 15 is 0 Å². The number of rotatable bonds is 4. The molecule has 0 radical (unpaired) electrons. The van der Waals surface area contributed by atoms with Crippen LogP contribution in [0.5, 0.6) is 0 Å². The standard InChI is InChI=1S/C35H44/c1-2-10-20-29(19-9-1)33-27-17-8-18-28-34(30-21-11-7-12-22-30)35(33,31-23-13-3-4-14-24-31)32-25-15-5-6-16-26-32/h1-3,7,9-11,13,19,21,23,25,27,34H,4-6,8,12,14-18,20,22,24,26,28H2. The van der Waals surface area contributed by atoms with Crippen molar-refractivity contribution in [1.82, 2.24) is 0 Å². The zero-order valence-corrected chi connectivity index (χ0v) is 21.7. The van der Waals surface area contributed by atoms with Crippen LogP contribution in [-0.2, 0) is 0 Å². The molecule has 35 heavy (non-hydrogen) atoms. The van der Waals surface area contributed by atoms with Crippen LogP contribution in [0.25, 0.3) is 0 Å². The molecule has 0 bridgehead atoms. The molecule has 0 fully saturated rings. The molecule has 0 heterocycles. The molecule has 0 aliphatic heterocycles. The Balaban J connectivity index is 1.80. The van der Waals surface area contributed by atoms with Crippen molar-refractivity contribution in [3.8, 4) is 0 Å². The average molecular weight is 465 g/mol. The second-order valence-electron chi connectivity index (χ2n) is 11.0. The number of allylic oxidation sites excluding steroid dienone is 18. The highest BCUT2D eigenvalue weighted by atomic mass is 14.5. The van der Waals surface area contributed by atoms with Crippen molar-refractivity contribution < 1.29 is 0 Å². The van der Waals surface area contributed by atoms with E-state index in [9.17, 15) is 0 Å². The summed E-state index contributed by atoms with van der Waals surface area (Å²) in [7, 11) is 0. The first-order chi connectivity index (χ1) is 17.4. The zero-order valence-electron chi connectivity index (χ0n) is 21.7. The topological polar surface area (TPSA) is 0 Å². The van der Waals surface area contributed by atoms with E-state index in [1.54, 1.807) is 27.9 Å². The lowest BCUT2D eigenvalue weighted by Crippen LogP contribution is -2.40. The molecule has 184 valence electrons. The Morgan fingerprint density at radius 2 is 1.43 bits per heavy atom. The van der Waals surface area contributed by atoms with E-state index in [0.717, 1.165) is 6.42 Å². The fraction of sp³-hybridized carbons (Fsp3) is 0.486. The van der Waals surface area contributed by atoms with E-state index in [1.807, 2.05) is 0 Å². The smallest absolute Gasteiger partial charge is 0.0438 e. The lowest BCUT2D eigenvalue weighted by molar-refractivity contribution is 0.298. The molecule has 0 aromatic heterocycles. The first-order valence-electron chi connectivity index (χ1n) is 14.6. The molecule has 0 amide bonds. The lowest BCUT2D eigenvalue weighted by Gasteiger charge is -2.50. The maximum atomic E-state index is 2.72. The summed E-state index contributed by atoms with van der Waals surface area (Å²) in [5, 5.41) is 0. The van der Waals surface area contributed by atoms with Gasteiger partial charge in [-0.25, -0.2) is 0 Å². The van der Waals surface area contributed by atoms with E-state index in [2.05, 4.69) is 79.0 Å². The van der Waals surface area contributed by atoms with Gasteiger partial charge in [-0.3, -0.25) is 0 Å². The van der Waals surface area contributed by atoms with Crippen molar-refractivity contribution in [2.45, 2.75) is 96.3 Å². The summed E-state index contributed by atoms with van der Waals surface area (Å²) in [4.78, 5) is 0. The molecule has 0 saturated carbocycles. The molecular weight excluding hydrogens is 420 g/mol. The van der Waals surface area contributed by atoms with Crippen LogP contribution in [0.3, 0.4) is 0 Å². The summed E-state index contributed by atoms with van der Waals surface area (Å²) in [6, 6.07) is 0. The van der Waals surface area contributed by atoms with Crippen LogP contribution in [0.15, 0.2) is 107 Å². The van der Waals surface area contributed by atoms with Crippen LogP contribution in [0.2, 0.25) is 0 Å². The maximum Gasteiger partial charge on any atom is 0.0438 e. The van der Waals surface area contributed by atoms with Crippen molar-refractivity contribution in [2.24, 2.45) is 11.3 Å². The van der Waals surface area contributed by atoms with Crippen molar-refractivity contribution in [1.29, 1.82) is 0 Å². The third-order valence-electron chi connectivity index (χ3n) is 8.88. The lowest BCUT2D eigenvalue weighted by atomic mass is 9.53. The summed E-state index contributed by atoms with van der Waals surface area (Å²) in [6.07, 6.45) is 50.5. The monoisotopic (exact) mass is 464 g/mol. The van der Waals surface area contributed by atoms with Crippen molar-refractivity contribution in [2.75, 3.05) is 0 Å². The molecule has 0 spiro atoms. The van der Waals surface area contributed by atoms with Crippen molar-refractivity contribution in [3.05, 3.63) is 107 Å². The van der Waals surface area contributed by atoms with E-state index in [1.165, 1.54) is 89.9 Å². The molecular formula is C35H44. The Bertz CT molecular complexity index is 1030. The van der Waals surface area contributed by atoms with Crippen LogP contribution in [0, 0.1) is 11.3 Å². The molecule has 5 rings (SSSR count). The largest absolute Gasteiger partial charge is 0.0845 e. The first-order valence-corrected chi connectivity index (χ1v) is 14.6. The van der Waals surface area contributed by atoms with Gasteiger partial charge < -0.3 is 0 Å². The van der Waals surface area contributed by atoms with E-state index in [-0.39, 0.29) is 5.41 Å². The predicted molar refractivity (Wildman–Crippen MR) is 152 cm³/mol. The predicted octanol–water partition coefficient (Wildman–Crippen LogP) is 10.4. The van der Waals surface area contributed by atoms with Crippen LogP contribution in [0.4, 0.5) is 0 Å². The fourth-order valence-electron chi connectivity index (χ4n) is 7.32. The minimum absolute atomic E-state index is 0.00824. The molecule has 0 N–H and O–H groups in total. The summed E-state index contributed by atoms with van der Waals surface area (Å²) in [5.41, 5.74) is 8.37. The Hall–Kier alpha value is -2.34. The SMILES string of the molecule is C1=CC=C(C2=CCCCCC(C3=CC=CCC3)C2(C2=CC=CCCC2)C2=CCCCCC2)CC=C1. The summed E-state index contributed by atoms with van der Waals surface area (Å²) in [6.45, 7) is 0. The van der Waals surface area contributed by atoms with Gasteiger partial charge in [0.1, 0.15) is 0 Å². The molecule has 0 aromatic carbocycles. The van der Waals surface area contributed by atoms with Crippen molar-refractivity contribution >= 4 is 0 Å². The maximum absolute atomic E-state index is 2.72. The average Bonchev–Trinajstić information content (AvgIpc) is 3.42. The van der Waals surface area contributed by atoms with E-state index in [4.69, 9.17) is 0 Å². The van der Waals surface area contributed by atoms with Gasteiger partial charge in [-0.05, 0) is 101 Å². The fourth-order valence-corrected chi connectivity index (χ4v) is 7.32. The molecule has 5 aliphatic rings. The Morgan fingerprint density at radius 1 is 0.571 bits per heavy atom. The third-order valence-corrected chi connectivity index (χ3v) is 8.88. The van der Waals surface area contributed by atoms with Crippen LogP contribution < -0.4 is 0 Å². The highest BCUT2D eigenvalue weighted by Gasteiger charge is 2.49. The highest BCUT2D eigenvalue weighted by molar-refractivity contribution is 5.56. The minimum Gasteiger partial charge on any atom is -0.0845 e. The van der Waals surface area contributed by atoms with E-state index < -0.39 is 0 Å². The van der Waals surface area contributed by atoms with E-state index in [0.29, 0.717) is 5.92 Å². The number of hydrogen-bond acceptors (Lipinski definition) is 0. The van der Waals surface area contributed by atoms with Gasteiger partial charge in [-0.2, -0.15) is 0 Å². The Kier molecular flexibility index (Phi) is 8.40. The Morgan fingerprint density at radius 3 is 2.37 bits per heavy atom. The quantitative estimate of drug-likeness (QED) is 0.363. The molecule has 2 atom stereocenters. The first kappa shape index (κ1) is 24.4. The van der Waals surface area contributed by atoms with Gasteiger partial charge in [-0.1, -0.05) is 109 Å². The van der Waals surface area contributed by atoms with Crippen LogP contribution in [0.1, 0.15) is 96.3 Å². The molecule has 0 aromatic rings. The van der Waals surface area contributed by atoms with Crippen molar-refractivity contribution in [3.63, 3.8) is 0 Å². The highest BCUT2D eigenvalue weighted by Crippen LogP contribution is 2.60. The molecule has 5 aliphatic carbocycles. The molecule has 0 heteroatoms. The molecule has 0 saturated heterocycles.